The van der Waals surface area contributed by atoms with Gasteiger partial charge in [0, 0.05) is 18.5 Å². The highest BCUT2D eigenvalue weighted by Crippen LogP contribution is 2.39. The predicted octanol–water partition coefficient (Wildman–Crippen LogP) is 4.06. The molecule has 1 aromatic carbocycles. The number of benzene rings is 1. The summed E-state index contributed by atoms with van der Waals surface area (Å²) >= 11 is 0. The molecule has 2 atom stereocenters. The van der Waals surface area contributed by atoms with Gasteiger partial charge < -0.3 is 14.4 Å². The number of aromatic nitrogens is 2. The average molecular weight is 466 g/mol. The van der Waals surface area contributed by atoms with Crippen molar-refractivity contribution >= 4 is 5.91 Å². The zero-order chi connectivity index (χ0) is 23.2. The highest BCUT2D eigenvalue weighted by atomic mass is 19.4. The Labute approximate surface area is 187 Å². The molecule has 33 heavy (non-hydrogen) atoms. The molecule has 1 saturated carbocycles. The van der Waals surface area contributed by atoms with E-state index in [1.807, 2.05) is 4.90 Å². The van der Waals surface area contributed by atoms with E-state index in [0.29, 0.717) is 24.8 Å². The van der Waals surface area contributed by atoms with Crippen LogP contribution >= 0.6 is 0 Å². The maximum Gasteiger partial charge on any atom is 0.573 e. The molecule has 2 saturated heterocycles. The lowest BCUT2D eigenvalue weighted by Crippen LogP contribution is -2.53. The summed E-state index contributed by atoms with van der Waals surface area (Å²) < 4.78 is 61.7. The molecule has 1 amide bonds. The summed E-state index contributed by atoms with van der Waals surface area (Å²) in [5, 5.41) is 0. The standard InChI is InChI=1S/C22H22F4N4O3/c23-17-5-4-15(33-22(24,25)26)9-16(17)21(31)29-8-7-14-3-6-20(30(14)12-29)32-19-11-27-18(10-28-19)13-1-2-13/h4-5,9-11,13-14,20H,1-3,6-8,12H2/t14-,20-/m0/s1. The first-order valence-corrected chi connectivity index (χ1v) is 10.9. The van der Waals surface area contributed by atoms with Crippen LogP contribution in [0.2, 0.25) is 0 Å². The minimum atomic E-state index is -4.93. The molecule has 176 valence electrons. The second-order valence-electron chi connectivity index (χ2n) is 8.56. The molecule has 5 rings (SSSR count). The van der Waals surface area contributed by atoms with Crippen LogP contribution in [-0.2, 0) is 0 Å². The molecule has 3 aliphatic rings. The van der Waals surface area contributed by atoms with Crippen LogP contribution in [0.25, 0.3) is 0 Å². The second kappa shape index (κ2) is 8.44. The normalized spacial score (nSPS) is 23.3. The van der Waals surface area contributed by atoms with Crippen molar-refractivity contribution in [2.75, 3.05) is 13.2 Å². The summed E-state index contributed by atoms with van der Waals surface area (Å²) in [6, 6.07) is 2.62. The van der Waals surface area contributed by atoms with E-state index < -0.39 is 29.4 Å². The lowest BCUT2D eigenvalue weighted by atomic mass is 10.1. The van der Waals surface area contributed by atoms with Gasteiger partial charge >= 0.3 is 6.36 Å². The molecule has 0 radical (unpaired) electrons. The first kappa shape index (κ1) is 21.9. The van der Waals surface area contributed by atoms with Crippen molar-refractivity contribution in [3.8, 4) is 11.6 Å². The number of fused-ring (bicyclic) bond motifs is 1. The van der Waals surface area contributed by atoms with Crippen molar-refractivity contribution in [2.45, 2.75) is 56.7 Å². The molecule has 0 unspecified atom stereocenters. The molecule has 2 aliphatic heterocycles. The smallest absolute Gasteiger partial charge is 0.457 e. The topological polar surface area (TPSA) is 67.8 Å². The fourth-order valence-electron chi connectivity index (χ4n) is 4.44. The van der Waals surface area contributed by atoms with Gasteiger partial charge in [0.05, 0.1) is 30.3 Å². The van der Waals surface area contributed by atoms with Crippen molar-refractivity contribution in [3.05, 3.63) is 47.7 Å². The minimum Gasteiger partial charge on any atom is -0.457 e. The second-order valence-corrected chi connectivity index (χ2v) is 8.56. The van der Waals surface area contributed by atoms with E-state index in [1.165, 1.54) is 4.90 Å². The number of hydrogen-bond donors (Lipinski definition) is 0. The quantitative estimate of drug-likeness (QED) is 0.619. The van der Waals surface area contributed by atoms with E-state index in [-0.39, 0.29) is 18.9 Å². The van der Waals surface area contributed by atoms with Gasteiger partial charge in [-0.15, -0.1) is 13.2 Å². The van der Waals surface area contributed by atoms with Crippen LogP contribution < -0.4 is 9.47 Å². The third-order valence-electron chi connectivity index (χ3n) is 6.24. The summed E-state index contributed by atoms with van der Waals surface area (Å²) in [5.41, 5.74) is 0.494. The van der Waals surface area contributed by atoms with Gasteiger partial charge in [0.1, 0.15) is 11.6 Å². The molecule has 0 spiro atoms. The third kappa shape index (κ3) is 4.87. The maximum absolute atomic E-state index is 14.3. The maximum atomic E-state index is 14.3. The average Bonchev–Trinajstić information content (AvgIpc) is 3.56. The molecular weight excluding hydrogens is 444 g/mol. The number of alkyl halides is 3. The van der Waals surface area contributed by atoms with Crippen LogP contribution in [0.5, 0.6) is 11.6 Å². The first-order valence-electron chi connectivity index (χ1n) is 10.9. The van der Waals surface area contributed by atoms with Crippen LogP contribution in [-0.4, -0.2) is 57.5 Å². The highest BCUT2D eigenvalue weighted by molar-refractivity contribution is 5.95. The molecule has 1 aliphatic carbocycles. The Kier molecular flexibility index (Phi) is 5.59. The van der Waals surface area contributed by atoms with Crippen LogP contribution in [0.4, 0.5) is 17.6 Å². The third-order valence-corrected chi connectivity index (χ3v) is 6.24. The number of carbonyl (C=O) groups is 1. The summed E-state index contributed by atoms with van der Waals surface area (Å²) in [7, 11) is 0. The summed E-state index contributed by atoms with van der Waals surface area (Å²) in [4.78, 5) is 25.1. The zero-order valence-electron chi connectivity index (χ0n) is 17.6. The highest BCUT2D eigenvalue weighted by Gasteiger charge is 2.41. The molecule has 1 aromatic heterocycles. The Bertz CT molecular complexity index is 1030. The van der Waals surface area contributed by atoms with Gasteiger partial charge in [-0.05, 0) is 50.3 Å². The van der Waals surface area contributed by atoms with E-state index in [1.54, 1.807) is 12.4 Å². The molecule has 7 nitrogen and oxygen atoms in total. The summed E-state index contributed by atoms with van der Waals surface area (Å²) in [5.74, 6) is -1.35. The lowest BCUT2D eigenvalue weighted by molar-refractivity contribution is -0.274. The van der Waals surface area contributed by atoms with Gasteiger partial charge in [0.25, 0.3) is 5.91 Å². The van der Waals surface area contributed by atoms with Gasteiger partial charge in [0.2, 0.25) is 5.88 Å². The molecule has 3 fully saturated rings. The Morgan fingerprint density at radius 2 is 1.88 bits per heavy atom. The van der Waals surface area contributed by atoms with E-state index in [4.69, 9.17) is 4.74 Å². The van der Waals surface area contributed by atoms with Gasteiger partial charge in [-0.2, -0.15) is 0 Å². The number of halogens is 4. The molecule has 11 heteroatoms. The Morgan fingerprint density at radius 1 is 1.06 bits per heavy atom. The molecular formula is C22H22F4N4O3. The van der Waals surface area contributed by atoms with Crippen molar-refractivity contribution in [3.63, 3.8) is 0 Å². The molecule has 0 bridgehead atoms. The Morgan fingerprint density at radius 3 is 2.58 bits per heavy atom. The molecule has 2 aromatic rings. The SMILES string of the molecule is O=C(c1cc(OC(F)(F)F)ccc1F)N1CC[C@@H]2CC[C@H](Oc3cnc(C4CC4)cn3)N2C1. The van der Waals surface area contributed by atoms with Crippen LogP contribution in [0.1, 0.15) is 54.1 Å². The first-order chi connectivity index (χ1) is 15.8. The fourth-order valence-corrected chi connectivity index (χ4v) is 4.44. The van der Waals surface area contributed by atoms with Crippen LogP contribution in [0.15, 0.2) is 30.6 Å². The van der Waals surface area contributed by atoms with E-state index >= 15 is 0 Å². The molecule has 3 heterocycles. The number of carbonyl (C=O) groups excluding carboxylic acids is 1. The van der Waals surface area contributed by atoms with Crippen molar-refractivity contribution in [1.82, 2.24) is 19.8 Å². The van der Waals surface area contributed by atoms with E-state index in [0.717, 1.165) is 49.6 Å². The largest absolute Gasteiger partial charge is 0.573 e. The Balaban J connectivity index is 1.27. The van der Waals surface area contributed by atoms with E-state index in [9.17, 15) is 22.4 Å². The fraction of sp³-hybridized carbons (Fsp3) is 0.500. The number of amides is 1. The molecule has 0 N–H and O–H groups in total. The van der Waals surface area contributed by atoms with Gasteiger partial charge in [-0.25, -0.2) is 14.3 Å². The van der Waals surface area contributed by atoms with Gasteiger partial charge in [-0.3, -0.25) is 9.78 Å². The number of ether oxygens (including phenoxy) is 2. The van der Waals surface area contributed by atoms with Gasteiger partial charge in [0.15, 0.2) is 6.23 Å². The van der Waals surface area contributed by atoms with Crippen molar-refractivity contribution in [1.29, 1.82) is 0 Å². The minimum absolute atomic E-state index is 0.172. The monoisotopic (exact) mass is 466 g/mol. The van der Waals surface area contributed by atoms with E-state index in [2.05, 4.69) is 14.7 Å². The summed E-state index contributed by atoms with van der Waals surface area (Å²) in [6.45, 7) is 0.540. The number of hydrogen-bond acceptors (Lipinski definition) is 6. The van der Waals surface area contributed by atoms with Crippen LogP contribution in [0.3, 0.4) is 0 Å². The van der Waals surface area contributed by atoms with Crippen molar-refractivity contribution in [2.24, 2.45) is 0 Å². The summed E-state index contributed by atoms with van der Waals surface area (Å²) in [6.07, 6.45) is 2.60. The predicted molar refractivity (Wildman–Crippen MR) is 107 cm³/mol. The Hall–Kier alpha value is -2.95. The zero-order valence-corrected chi connectivity index (χ0v) is 17.6. The van der Waals surface area contributed by atoms with Gasteiger partial charge in [-0.1, -0.05) is 0 Å². The van der Waals surface area contributed by atoms with Crippen molar-refractivity contribution < 1.29 is 31.8 Å². The number of rotatable bonds is 5. The lowest BCUT2D eigenvalue weighted by Gasteiger charge is -2.40. The van der Waals surface area contributed by atoms with Crippen LogP contribution in [0, 0.1) is 5.82 Å². The number of nitrogens with zero attached hydrogens (tertiary/aromatic N) is 4.